The Bertz CT molecular complexity index is 1070. The fraction of sp³-hybridized carbons (Fsp3) is 0.308. The summed E-state index contributed by atoms with van der Waals surface area (Å²) in [6, 6.07) is 16.4. The molecule has 0 radical (unpaired) electrons. The Balaban J connectivity index is 1.57. The van der Waals surface area contributed by atoms with Crippen molar-refractivity contribution in [3.05, 3.63) is 76.2 Å². The first-order valence-corrected chi connectivity index (χ1v) is 11.8. The van der Waals surface area contributed by atoms with E-state index in [9.17, 15) is 9.59 Å². The Hall–Kier alpha value is -2.92. The molecule has 0 bridgehead atoms. The van der Waals surface area contributed by atoms with Crippen LogP contribution in [0, 0.1) is 0 Å². The van der Waals surface area contributed by atoms with E-state index in [1.165, 1.54) is 35.3 Å². The molecule has 31 heavy (non-hydrogen) atoms. The normalized spacial score (nSPS) is 12.8. The highest BCUT2D eigenvalue weighted by Crippen LogP contribution is 2.38. The molecule has 160 valence electrons. The van der Waals surface area contributed by atoms with E-state index >= 15 is 0 Å². The van der Waals surface area contributed by atoms with Crippen molar-refractivity contribution in [3.63, 3.8) is 0 Å². The molecule has 0 saturated carbocycles. The third-order valence-electron chi connectivity index (χ3n) is 5.67. The van der Waals surface area contributed by atoms with Crippen LogP contribution >= 0.6 is 11.3 Å². The minimum Gasteiger partial charge on any atom is -0.462 e. The molecule has 0 saturated heterocycles. The molecule has 3 aromatic rings. The van der Waals surface area contributed by atoms with Gasteiger partial charge in [-0.2, -0.15) is 0 Å². The van der Waals surface area contributed by atoms with Gasteiger partial charge >= 0.3 is 5.97 Å². The van der Waals surface area contributed by atoms with E-state index in [1.54, 1.807) is 6.92 Å². The molecule has 1 heterocycles. The molecule has 1 aliphatic rings. The van der Waals surface area contributed by atoms with Crippen LogP contribution in [0.3, 0.4) is 0 Å². The number of benzene rings is 2. The Kier molecular flexibility index (Phi) is 6.82. The number of hydrogen-bond acceptors (Lipinski definition) is 4. The number of hydrogen-bond donors (Lipinski definition) is 1. The monoisotopic (exact) mass is 433 g/mol. The number of ether oxygens (including phenoxy) is 1. The van der Waals surface area contributed by atoms with Gasteiger partial charge in [-0.25, -0.2) is 4.79 Å². The Morgan fingerprint density at radius 2 is 1.81 bits per heavy atom. The van der Waals surface area contributed by atoms with Crippen LogP contribution in [0.2, 0.25) is 0 Å². The second-order valence-electron chi connectivity index (χ2n) is 7.80. The third-order valence-corrected chi connectivity index (χ3v) is 6.56. The number of carbonyl (C=O) groups excluding carboxylic acids is 2. The van der Waals surface area contributed by atoms with Crippen LogP contribution in [0.1, 0.15) is 53.2 Å². The van der Waals surface area contributed by atoms with Gasteiger partial charge in [0, 0.05) is 17.4 Å². The Morgan fingerprint density at radius 1 is 1.03 bits per heavy atom. The minimum absolute atomic E-state index is 0.103. The number of fused-ring (bicyclic) bond motifs is 1. The quantitative estimate of drug-likeness (QED) is 0.462. The van der Waals surface area contributed by atoms with Gasteiger partial charge in [-0.1, -0.05) is 48.5 Å². The van der Waals surface area contributed by atoms with E-state index in [4.69, 9.17) is 4.74 Å². The number of amides is 1. The van der Waals surface area contributed by atoms with Gasteiger partial charge in [0.25, 0.3) is 0 Å². The third kappa shape index (κ3) is 5.05. The summed E-state index contributed by atoms with van der Waals surface area (Å²) in [6.45, 7) is 2.08. The molecule has 0 unspecified atom stereocenters. The SMILES string of the molecule is CCOC(=O)c1c(-c2ccc3c(c2)CCCC3)csc1NC(=O)CCc1ccccc1. The summed E-state index contributed by atoms with van der Waals surface area (Å²) in [4.78, 5) is 25.4. The van der Waals surface area contributed by atoms with Gasteiger partial charge in [-0.05, 0) is 61.3 Å². The Morgan fingerprint density at radius 3 is 2.58 bits per heavy atom. The van der Waals surface area contributed by atoms with Crippen LogP contribution in [-0.4, -0.2) is 18.5 Å². The van der Waals surface area contributed by atoms with Crippen molar-refractivity contribution in [2.45, 2.75) is 45.4 Å². The molecule has 1 aliphatic carbocycles. The molecule has 0 atom stereocenters. The lowest BCUT2D eigenvalue weighted by Gasteiger charge is -2.17. The van der Waals surface area contributed by atoms with E-state index in [0.29, 0.717) is 30.0 Å². The first-order chi connectivity index (χ1) is 15.2. The van der Waals surface area contributed by atoms with Gasteiger partial charge in [-0.15, -0.1) is 11.3 Å². The fourth-order valence-electron chi connectivity index (χ4n) is 4.06. The predicted octanol–water partition coefficient (Wildman–Crippen LogP) is 6.04. The van der Waals surface area contributed by atoms with Crippen molar-refractivity contribution in [2.75, 3.05) is 11.9 Å². The van der Waals surface area contributed by atoms with Crippen LogP contribution in [-0.2, 0) is 28.8 Å². The summed E-state index contributed by atoms with van der Waals surface area (Å²) in [5, 5.41) is 5.46. The van der Waals surface area contributed by atoms with E-state index in [2.05, 4.69) is 23.5 Å². The van der Waals surface area contributed by atoms with Gasteiger partial charge in [0.2, 0.25) is 5.91 Å². The molecule has 0 aliphatic heterocycles. The topological polar surface area (TPSA) is 55.4 Å². The average molecular weight is 434 g/mol. The highest BCUT2D eigenvalue weighted by Gasteiger charge is 2.23. The molecular formula is C26H27NO3S. The number of esters is 1. The fourth-order valence-corrected chi connectivity index (χ4v) is 5.03. The molecule has 1 amide bonds. The van der Waals surface area contributed by atoms with E-state index in [-0.39, 0.29) is 5.91 Å². The standard InChI is InChI=1S/C26H27NO3S/c1-2-30-26(29)24-22(21-14-13-19-10-6-7-11-20(19)16-21)17-31-25(24)27-23(28)15-12-18-8-4-3-5-9-18/h3-5,8-9,13-14,16-17H,2,6-7,10-12,15H2,1H3,(H,27,28). The molecule has 0 spiro atoms. The minimum atomic E-state index is -0.394. The van der Waals surface area contributed by atoms with Crippen LogP contribution in [0.5, 0.6) is 0 Å². The van der Waals surface area contributed by atoms with Crippen molar-refractivity contribution in [3.8, 4) is 11.1 Å². The highest BCUT2D eigenvalue weighted by atomic mass is 32.1. The van der Waals surface area contributed by atoms with Crippen LogP contribution in [0.4, 0.5) is 5.00 Å². The maximum atomic E-state index is 12.8. The summed E-state index contributed by atoms with van der Waals surface area (Å²) in [5.41, 5.74) is 6.16. The molecule has 4 rings (SSSR count). The van der Waals surface area contributed by atoms with E-state index in [1.807, 2.05) is 35.7 Å². The van der Waals surface area contributed by atoms with Crippen LogP contribution in [0.15, 0.2) is 53.9 Å². The smallest absolute Gasteiger partial charge is 0.341 e. The zero-order chi connectivity index (χ0) is 21.6. The van der Waals surface area contributed by atoms with Gasteiger partial charge in [0.15, 0.2) is 0 Å². The number of nitrogens with one attached hydrogen (secondary N) is 1. The summed E-state index contributed by atoms with van der Waals surface area (Å²) in [5.74, 6) is -0.497. The zero-order valence-electron chi connectivity index (χ0n) is 17.8. The van der Waals surface area contributed by atoms with Gasteiger partial charge in [-0.3, -0.25) is 4.79 Å². The molecular weight excluding hydrogens is 406 g/mol. The lowest BCUT2D eigenvalue weighted by Crippen LogP contribution is -2.15. The molecule has 1 aromatic heterocycles. The van der Waals surface area contributed by atoms with Crippen molar-refractivity contribution in [2.24, 2.45) is 0 Å². The molecule has 5 heteroatoms. The predicted molar refractivity (Wildman–Crippen MR) is 126 cm³/mol. The number of thiophene rings is 1. The van der Waals surface area contributed by atoms with Gasteiger partial charge < -0.3 is 10.1 Å². The van der Waals surface area contributed by atoms with Crippen LogP contribution < -0.4 is 5.32 Å². The zero-order valence-corrected chi connectivity index (χ0v) is 18.6. The van der Waals surface area contributed by atoms with Crippen molar-refractivity contribution >= 4 is 28.2 Å². The summed E-state index contributed by atoms with van der Waals surface area (Å²) >= 11 is 1.38. The van der Waals surface area contributed by atoms with E-state index in [0.717, 1.165) is 29.5 Å². The molecule has 4 nitrogen and oxygen atoms in total. The number of anilines is 1. The second kappa shape index (κ2) is 9.92. The highest BCUT2D eigenvalue weighted by molar-refractivity contribution is 7.15. The average Bonchev–Trinajstić information content (AvgIpc) is 3.21. The second-order valence-corrected chi connectivity index (χ2v) is 8.68. The van der Waals surface area contributed by atoms with Gasteiger partial charge in [0.1, 0.15) is 10.6 Å². The summed E-state index contributed by atoms with van der Waals surface area (Å²) < 4.78 is 5.33. The van der Waals surface area contributed by atoms with Crippen LogP contribution in [0.25, 0.3) is 11.1 Å². The maximum absolute atomic E-state index is 12.8. The van der Waals surface area contributed by atoms with Crippen molar-refractivity contribution < 1.29 is 14.3 Å². The summed E-state index contributed by atoms with van der Waals surface area (Å²) in [7, 11) is 0. The molecule has 0 fully saturated rings. The molecule has 1 N–H and O–H groups in total. The lowest BCUT2D eigenvalue weighted by molar-refractivity contribution is -0.116. The molecule has 2 aromatic carbocycles. The van der Waals surface area contributed by atoms with Crippen molar-refractivity contribution in [1.29, 1.82) is 0 Å². The number of carbonyl (C=O) groups is 2. The largest absolute Gasteiger partial charge is 0.462 e. The number of rotatable bonds is 7. The number of aryl methyl sites for hydroxylation is 3. The van der Waals surface area contributed by atoms with Crippen molar-refractivity contribution in [1.82, 2.24) is 0 Å². The lowest BCUT2D eigenvalue weighted by atomic mass is 9.89. The van der Waals surface area contributed by atoms with Gasteiger partial charge in [0.05, 0.1) is 6.61 Å². The Labute approximate surface area is 187 Å². The first kappa shape index (κ1) is 21.3. The first-order valence-electron chi connectivity index (χ1n) is 10.9. The van der Waals surface area contributed by atoms with E-state index < -0.39 is 5.97 Å². The maximum Gasteiger partial charge on any atom is 0.341 e. The summed E-state index contributed by atoms with van der Waals surface area (Å²) in [6.07, 6.45) is 5.65.